The van der Waals surface area contributed by atoms with Crippen LogP contribution in [0.2, 0.25) is 0 Å². The molecule has 1 fully saturated rings. The van der Waals surface area contributed by atoms with Crippen molar-refractivity contribution in [1.29, 1.82) is 0 Å². The number of likely N-dealkylation sites (tertiary alicyclic amines) is 1. The van der Waals surface area contributed by atoms with Crippen LogP contribution in [0.3, 0.4) is 0 Å². The number of nitrogens with zero attached hydrogens (tertiary/aromatic N) is 1. The van der Waals surface area contributed by atoms with Crippen LogP contribution in [0.15, 0.2) is 24.3 Å². The van der Waals surface area contributed by atoms with Gasteiger partial charge in [0.15, 0.2) is 0 Å². The third-order valence-corrected chi connectivity index (χ3v) is 4.01. The van der Waals surface area contributed by atoms with Crippen molar-refractivity contribution in [3.05, 3.63) is 35.4 Å². The molecule has 1 saturated heterocycles. The first-order chi connectivity index (χ1) is 9.83. The molecular formula is C15H18N2O4. The molecule has 0 aromatic heterocycles. The second-order valence-corrected chi connectivity index (χ2v) is 5.63. The molecule has 2 rings (SSSR count). The van der Waals surface area contributed by atoms with Gasteiger partial charge in [-0.05, 0) is 25.0 Å². The van der Waals surface area contributed by atoms with Crippen LogP contribution in [-0.4, -0.2) is 40.9 Å². The van der Waals surface area contributed by atoms with Crippen LogP contribution in [-0.2, 0) is 16.0 Å². The Hall–Kier alpha value is -2.37. The topological polar surface area (TPSA) is 101 Å². The first kappa shape index (κ1) is 15.0. The summed E-state index contributed by atoms with van der Waals surface area (Å²) in [6, 6.07) is 6.43. The van der Waals surface area contributed by atoms with Gasteiger partial charge in [0.2, 0.25) is 11.8 Å². The van der Waals surface area contributed by atoms with Crippen LogP contribution in [0.25, 0.3) is 0 Å². The van der Waals surface area contributed by atoms with Crippen LogP contribution in [0.4, 0.5) is 0 Å². The molecule has 3 N–H and O–H groups in total. The predicted molar refractivity (Wildman–Crippen MR) is 75.6 cm³/mol. The van der Waals surface area contributed by atoms with E-state index in [1.165, 1.54) is 6.07 Å². The number of carbonyl (C=O) groups is 3. The summed E-state index contributed by atoms with van der Waals surface area (Å²) in [5.41, 5.74) is 5.27. The standard InChI is InChI=1S/C15H18N2O4/c1-15(14(16)21)6-7-17(9-15)12(18)8-10-4-2-3-5-11(10)13(19)20/h2-5H,6-9H2,1H3,(H2,16,21)(H,19,20). The number of amides is 2. The summed E-state index contributed by atoms with van der Waals surface area (Å²) in [5, 5.41) is 9.11. The number of hydrogen-bond donors (Lipinski definition) is 2. The minimum absolute atomic E-state index is 0.0112. The maximum Gasteiger partial charge on any atom is 0.335 e. The Morgan fingerprint density at radius 1 is 1.33 bits per heavy atom. The van der Waals surface area contributed by atoms with Crippen LogP contribution < -0.4 is 5.73 Å². The monoisotopic (exact) mass is 290 g/mol. The van der Waals surface area contributed by atoms with Gasteiger partial charge in [-0.15, -0.1) is 0 Å². The van der Waals surface area contributed by atoms with E-state index in [9.17, 15) is 14.4 Å². The summed E-state index contributed by atoms with van der Waals surface area (Å²) < 4.78 is 0. The second-order valence-electron chi connectivity index (χ2n) is 5.63. The number of primary amides is 1. The number of hydrogen-bond acceptors (Lipinski definition) is 3. The molecule has 6 heteroatoms. The van der Waals surface area contributed by atoms with Gasteiger partial charge in [0.05, 0.1) is 17.4 Å². The van der Waals surface area contributed by atoms with Gasteiger partial charge < -0.3 is 15.7 Å². The van der Waals surface area contributed by atoms with Crippen LogP contribution >= 0.6 is 0 Å². The van der Waals surface area contributed by atoms with Crippen molar-refractivity contribution < 1.29 is 19.5 Å². The molecule has 1 atom stereocenters. The normalized spacial score (nSPS) is 21.3. The van der Waals surface area contributed by atoms with Gasteiger partial charge in [0, 0.05) is 13.1 Å². The lowest BCUT2D eigenvalue weighted by Gasteiger charge is -2.21. The lowest BCUT2D eigenvalue weighted by Crippen LogP contribution is -2.39. The van der Waals surface area contributed by atoms with E-state index in [2.05, 4.69) is 0 Å². The maximum absolute atomic E-state index is 12.3. The molecule has 21 heavy (non-hydrogen) atoms. The zero-order valence-electron chi connectivity index (χ0n) is 11.8. The van der Waals surface area contributed by atoms with Crippen LogP contribution in [0.1, 0.15) is 29.3 Å². The zero-order valence-corrected chi connectivity index (χ0v) is 11.8. The van der Waals surface area contributed by atoms with E-state index in [0.717, 1.165) is 0 Å². The third kappa shape index (κ3) is 3.04. The van der Waals surface area contributed by atoms with Crippen molar-refractivity contribution >= 4 is 17.8 Å². The highest BCUT2D eigenvalue weighted by molar-refractivity contribution is 5.92. The lowest BCUT2D eigenvalue weighted by molar-refractivity contribution is -0.131. The first-order valence-corrected chi connectivity index (χ1v) is 6.72. The summed E-state index contributed by atoms with van der Waals surface area (Å²) in [7, 11) is 0. The second kappa shape index (κ2) is 5.55. The highest BCUT2D eigenvalue weighted by Crippen LogP contribution is 2.29. The number of rotatable bonds is 4. The van der Waals surface area contributed by atoms with E-state index in [1.807, 2.05) is 0 Å². The largest absolute Gasteiger partial charge is 0.478 e. The van der Waals surface area contributed by atoms with Gasteiger partial charge in [-0.3, -0.25) is 9.59 Å². The van der Waals surface area contributed by atoms with Crippen molar-refractivity contribution in [3.8, 4) is 0 Å². The van der Waals surface area contributed by atoms with Gasteiger partial charge in [0.25, 0.3) is 0 Å². The number of benzene rings is 1. The van der Waals surface area contributed by atoms with E-state index in [1.54, 1.807) is 30.0 Å². The zero-order chi connectivity index (χ0) is 15.6. The number of aromatic carboxylic acids is 1. The molecule has 0 spiro atoms. The minimum atomic E-state index is -1.05. The molecule has 1 unspecified atom stereocenters. The van der Waals surface area contributed by atoms with E-state index < -0.39 is 17.3 Å². The molecule has 6 nitrogen and oxygen atoms in total. The van der Waals surface area contributed by atoms with Crippen molar-refractivity contribution in [2.45, 2.75) is 19.8 Å². The maximum atomic E-state index is 12.3. The molecule has 0 saturated carbocycles. The summed E-state index contributed by atoms with van der Waals surface area (Å²) in [6.07, 6.45) is 0.548. The van der Waals surface area contributed by atoms with Crippen molar-refractivity contribution in [2.75, 3.05) is 13.1 Å². The average molecular weight is 290 g/mol. The molecule has 1 aromatic rings. The van der Waals surface area contributed by atoms with Gasteiger partial charge in [-0.1, -0.05) is 18.2 Å². The third-order valence-electron chi connectivity index (χ3n) is 4.01. The van der Waals surface area contributed by atoms with Gasteiger partial charge in [-0.2, -0.15) is 0 Å². The molecule has 112 valence electrons. The Labute approximate surface area is 122 Å². The highest BCUT2D eigenvalue weighted by Gasteiger charge is 2.40. The van der Waals surface area contributed by atoms with Crippen molar-refractivity contribution in [1.82, 2.24) is 4.90 Å². The SMILES string of the molecule is CC1(C(N)=O)CCN(C(=O)Cc2ccccc2C(=O)O)C1. The van der Waals surface area contributed by atoms with Gasteiger partial charge in [0.1, 0.15) is 0 Å². The lowest BCUT2D eigenvalue weighted by atomic mass is 9.89. The molecule has 1 heterocycles. The van der Waals surface area contributed by atoms with Gasteiger partial charge in [-0.25, -0.2) is 4.79 Å². The number of carboxylic acids is 1. The van der Waals surface area contributed by atoms with E-state index in [4.69, 9.17) is 10.8 Å². The summed E-state index contributed by atoms with van der Waals surface area (Å²) in [6.45, 7) is 2.50. The Bertz CT molecular complexity index is 599. The summed E-state index contributed by atoms with van der Waals surface area (Å²) in [5.74, 6) is -1.65. The van der Waals surface area contributed by atoms with Crippen LogP contribution in [0.5, 0.6) is 0 Å². The predicted octanol–water partition coefficient (Wildman–Crippen LogP) is 0.651. The van der Waals surface area contributed by atoms with Gasteiger partial charge >= 0.3 is 5.97 Å². The fourth-order valence-corrected chi connectivity index (χ4v) is 2.53. The Morgan fingerprint density at radius 3 is 2.57 bits per heavy atom. The Morgan fingerprint density at radius 2 is 2.00 bits per heavy atom. The molecule has 1 aliphatic heterocycles. The van der Waals surface area contributed by atoms with Crippen LogP contribution in [0, 0.1) is 5.41 Å². The van der Waals surface area contributed by atoms with E-state index >= 15 is 0 Å². The first-order valence-electron chi connectivity index (χ1n) is 6.72. The molecule has 0 bridgehead atoms. The smallest absolute Gasteiger partial charge is 0.335 e. The molecule has 2 amide bonds. The molecule has 0 radical (unpaired) electrons. The fraction of sp³-hybridized carbons (Fsp3) is 0.400. The molecule has 1 aliphatic rings. The number of carboxylic acid groups (broad SMARTS) is 1. The molecular weight excluding hydrogens is 272 g/mol. The number of nitrogens with two attached hydrogens (primary N) is 1. The van der Waals surface area contributed by atoms with Crippen molar-refractivity contribution in [3.63, 3.8) is 0 Å². The van der Waals surface area contributed by atoms with E-state index in [-0.39, 0.29) is 24.4 Å². The minimum Gasteiger partial charge on any atom is -0.478 e. The Kier molecular flexibility index (Phi) is 3.97. The summed E-state index contributed by atoms with van der Waals surface area (Å²) in [4.78, 5) is 36.4. The Balaban J connectivity index is 2.10. The molecule has 0 aliphatic carbocycles. The highest BCUT2D eigenvalue weighted by atomic mass is 16.4. The number of carbonyl (C=O) groups excluding carboxylic acids is 2. The fourth-order valence-electron chi connectivity index (χ4n) is 2.53. The average Bonchev–Trinajstić information content (AvgIpc) is 2.83. The summed E-state index contributed by atoms with van der Waals surface area (Å²) >= 11 is 0. The van der Waals surface area contributed by atoms with E-state index in [0.29, 0.717) is 18.5 Å². The van der Waals surface area contributed by atoms with Crippen molar-refractivity contribution in [2.24, 2.45) is 11.1 Å². The molecule has 1 aromatic carbocycles. The quantitative estimate of drug-likeness (QED) is 0.850.